The van der Waals surface area contributed by atoms with Crippen LogP contribution >= 0.6 is 0 Å². The van der Waals surface area contributed by atoms with E-state index in [4.69, 9.17) is 10.5 Å². The van der Waals surface area contributed by atoms with Crippen LogP contribution in [0.15, 0.2) is 42.5 Å². The smallest absolute Gasteiger partial charge is 0.262 e. The first-order chi connectivity index (χ1) is 10.1. The van der Waals surface area contributed by atoms with Gasteiger partial charge in [-0.25, -0.2) is 0 Å². The standard InChI is InChI=1S/C17H20N2O2/c1-4-19(14-7-5-6-13(18)11-14)17(20)15-10-12(2)8-9-16(15)21-3/h5-11H,4,18H2,1-3H3. The van der Waals surface area contributed by atoms with Crippen LogP contribution in [-0.4, -0.2) is 19.6 Å². The summed E-state index contributed by atoms with van der Waals surface area (Å²) in [5.74, 6) is 0.483. The lowest BCUT2D eigenvalue weighted by Crippen LogP contribution is -2.31. The van der Waals surface area contributed by atoms with Gasteiger partial charge in [-0.15, -0.1) is 0 Å². The molecule has 2 aromatic carbocycles. The molecule has 1 amide bonds. The molecule has 0 atom stereocenters. The van der Waals surface area contributed by atoms with Crippen LogP contribution in [0.2, 0.25) is 0 Å². The number of methoxy groups -OCH3 is 1. The molecule has 0 unspecified atom stereocenters. The molecule has 4 heteroatoms. The number of ether oxygens (including phenoxy) is 1. The first-order valence-electron chi connectivity index (χ1n) is 6.89. The lowest BCUT2D eigenvalue weighted by atomic mass is 10.1. The Hall–Kier alpha value is -2.49. The summed E-state index contributed by atoms with van der Waals surface area (Å²) >= 11 is 0. The molecule has 0 saturated heterocycles. The van der Waals surface area contributed by atoms with Crippen molar-refractivity contribution in [3.63, 3.8) is 0 Å². The summed E-state index contributed by atoms with van der Waals surface area (Å²) in [7, 11) is 1.57. The average molecular weight is 284 g/mol. The third kappa shape index (κ3) is 3.16. The van der Waals surface area contributed by atoms with Crippen molar-refractivity contribution in [3.8, 4) is 5.75 Å². The largest absolute Gasteiger partial charge is 0.496 e. The molecule has 0 spiro atoms. The molecule has 4 nitrogen and oxygen atoms in total. The quantitative estimate of drug-likeness (QED) is 0.877. The van der Waals surface area contributed by atoms with Gasteiger partial charge in [0.05, 0.1) is 12.7 Å². The number of carbonyl (C=O) groups is 1. The predicted molar refractivity (Wildman–Crippen MR) is 85.9 cm³/mol. The first kappa shape index (κ1) is 14.9. The van der Waals surface area contributed by atoms with Gasteiger partial charge in [-0.1, -0.05) is 17.7 Å². The average Bonchev–Trinajstić information content (AvgIpc) is 2.48. The summed E-state index contributed by atoms with van der Waals surface area (Å²) in [5.41, 5.74) is 8.80. The number of nitrogen functional groups attached to an aromatic ring is 1. The van der Waals surface area contributed by atoms with Gasteiger partial charge in [-0.3, -0.25) is 4.79 Å². The minimum Gasteiger partial charge on any atom is -0.496 e. The van der Waals surface area contributed by atoms with Crippen LogP contribution < -0.4 is 15.4 Å². The van der Waals surface area contributed by atoms with Gasteiger partial charge < -0.3 is 15.4 Å². The van der Waals surface area contributed by atoms with Crippen molar-refractivity contribution in [1.29, 1.82) is 0 Å². The number of nitrogens with two attached hydrogens (primary N) is 1. The van der Waals surface area contributed by atoms with E-state index in [0.29, 0.717) is 23.5 Å². The van der Waals surface area contributed by atoms with Gasteiger partial charge in [0.1, 0.15) is 5.75 Å². The zero-order valence-corrected chi connectivity index (χ0v) is 12.6. The molecule has 110 valence electrons. The number of aryl methyl sites for hydroxylation is 1. The van der Waals surface area contributed by atoms with Crippen LogP contribution in [0, 0.1) is 6.92 Å². The van der Waals surface area contributed by atoms with E-state index in [1.807, 2.05) is 44.2 Å². The molecule has 0 radical (unpaired) electrons. The Bertz CT molecular complexity index is 653. The highest BCUT2D eigenvalue weighted by Gasteiger charge is 2.20. The van der Waals surface area contributed by atoms with Crippen molar-refractivity contribution >= 4 is 17.3 Å². The van der Waals surface area contributed by atoms with Gasteiger partial charge in [0.25, 0.3) is 5.91 Å². The fourth-order valence-corrected chi connectivity index (χ4v) is 2.27. The minimum atomic E-state index is -0.0938. The van der Waals surface area contributed by atoms with Crippen molar-refractivity contribution in [1.82, 2.24) is 0 Å². The van der Waals surface area contributed by atoms with Crippen LogP contribution in [0.25, 0.3) is 0 Å². The van der Waals surface area contributed by atoms with Crippen LogP contribution in [0.1, 0.15) is 22.8 Å². The number of nitrogens with zero attached hydrogens (tertiary/aromatic N) is 1. The Labute approximate surface area is 125 Å². The SMILES string of the molecule is CCN(C(=O)c1cc(C)ccc1OC)c1cccc(N)c1. The van der Waals surface area contributed by atoms with Crippen LogP contribution in [0.5, 0.6) is 5.75 Å². The van der Waals surface area contributed by atoms with E-state index in [1.54, 1.807) is 24.1 Å². The lowest BCUT2D eigenvalue weighted by molar-refractivity contribution is 0.0985. The summed E-state index contributed by atoms with van der Waals surface area (Å²) in [6.45, 7) is 4.44. The van der Waals surface area contributed by atoms with E-state index in [0.717, 1.165) is 11.3 Å². The second-order valence-corrected chi connectivity index (χ2v) is 4.85. The zero-order valence-electron chi connectivity index (χ0n) is 12.6. The Morgan fingerprint density at radius 3 is 2.62 bits per heavy atom. The predicted octanol–water partition coefficient (Wildman–Crippen LogP) is 3.25. The highest BCUT2D eigenvalue weighted by molar-refractivity contribution is 6.08. The van der Waals surface area contributed by atoms with E-state index >= 15 is 0 Å². The zero-order chi connectivity index (χ0) is 15.4. The van der Waals surface area contributed by atoms with Gasteiger partial charge in [0, 0.05) is 17.9 Å². The summed E-state index contributed by atoms with van der Waals surface area (Å²) in [5, 5.41) is 0. The molecule has 21 heavy (non-hydrogen) atoms. The molecule has 0 bridgehead atoms. The minimum absolute atomic E-state index is 0.0938. The van der Waals surface area contributed by atoms with Gasteiger partial charge in [-0.2, -0.15) is 0 Å². The van der Waals surface area contributed by atoms with Crippen LogP contribution in [0.3, 0.4) is 0 Å². The molecule has 2 N–H and O–H groups in total. The van der Waals surface area contributed by atoms with E-state index in [1.165, 1.54) is 0 Å². The highest BCUT2D eigenvalue weighted by atomic mass is 16.5. The number of rotatable bonds is 4. The van der Waals surface area contributed by atoms with Gasteiger partial charge in [0.15, 0.2) is 0 Å². The second-order valence-electron chi connectivity index (χ2n) is 4.85. The molecular weight excluding hydrogens is 264 g/mol. The van der Waals surface area contributed by atoms with Crippen molar-refractivity contribution < 1.29 is 9.53 Å². The molecule has 2 rings (SSSR count). The monoisotopic (exact) mass is 284 g/mol. The molecule has 0 saturated carbocycles. The summed E-state index contributed by atoms with van der Waals surface area (Å²) in [6.07, 6.45) is 0. The maximum atomic E-state index is 12.8. The van der Waals surface area contributed by atoms with Gasteiger partial charge in [0.2, 0.25) is 0 Å². The number of amides is 1. The first-order valence-corrected chi connectivity index (χ1v) is 6.89. The topological polar surface area (TPSA) is 55.6 Å². The highest BCUT2D eigenvalue weighted by Crippen LogP contribution is 2.25. The number of benzene rings is 2. The van der Waals surface area contributed by atoms with E-state index < -0.39 is 0 Å². The second kappa shape index (κ2) is 6.31. The van der Waals surface area contributed by atoms with Crippen molar-refractivity contribution in [2.45, 2.75) is 13.8 Å². The van der Waals surface area contributed by atoms with Crippen LogP contribution in [-0.2, 0) is 0 Å². The Morgan fingerprint density at radius 2 is 2.00 bits per heavy atom. The van der Waals surface area contributed by atoms with Gasteiger partial charge in [-0.05, 0) is 44.2 Å². The Kier molecular flexibility index (Phi) is 4.48. The van der Waals surface area contributed by atoms with E-state index in [2.05, 4.69) is 0 Å². The molecule has 0 aromatic heterocycles. The molecule has 0 heterocycles. The molecular formula is C17H20N2O2. The maximum absolute atomic E-state index is 12.8. The number of anilines is 2. The molecule has 0 aliphatic heterocycles. The maximum Gasteiger partial charge on any atom is 0.262 e. The molecule has 2 aromatic rings. The van der Waals surface area contributed by atoms with E-state index in [9.17, 15) is 4.79 Å². The fourth-order valence-electron chi connectivity index (χ4n) is 2.27. The summed E-state index contributed by atoms with van der Waals surface area (Å²) in [4.78, 5) is 14.5. The summed E-state index contributed by atoms with van der Waals surface area (Å²) < 4.78 is 5.30. The summed E-state index contributed by atoms with van der Waals surface area (Å²) in [6, 6.07) is 12.9. The lowest BCUT2D eigenvalue weighted by Gasteiger charge is -2.22. The van der Waals surface area contributed by atoms with E-state index in [-0.39, 0.29) is 5.91 Å². The van der Waals surface area contributed by atoms with Crippen LogP contribution in [0.4, 0.5) is 11.4 Å². The van der Waals surface area contributed by atoms with Crippen molar-refractivity contribution in [2.75, 3.05) is 24.3 Å². The third-order valence-corrected chi connectivity index (χ3v) is 3.33. The number of hydrogen-bond donors (Lipinski definition) is 1. The van der Waals surface area contributed by atoms with Gasteiger partial charge >= 0.3 is 0 Å². The molecule has 0 aliphatic carbocycles. The Balaban J connectivity index is 2.43. The molecule has 0 aliphatic rings. The normalized spacial score (nSPS) is 10.2. The number of hydrogen-bond acceptors (Lipinski definition) is 3. The number of carbonyl (C=O) groups excluding carboxylic acids is 1. The molecule has 0 fully saturated rings. The van der Waals surface area contributed by atoms with Crippen molar-refractivity contribution in [2.24, 2.45) is 0 Å². The van der Waals surface area contributed by atoms with Crippen molar-refractivity contribution in [3.05, 3.63) is 53.6 Å². The third-order valence-electron chi connectivity index (χ3n) is 3.33. The Morgan fingerprint density at radius 1 is 1.24 bits per heavy atom. The fraction of sp³-hybridized carbons (Fsp3) is 0.235.